The van der Waals surface area contributed by atoms with E-state index in [-0.39, 0.29) is 16.8 Å². The number of aliphatic hydroxyl groups is 1. The number of amides is 2. The van der Waals surface area contributed by atoms with E-state index in [1.54, 1.807) is 23.6 Å². The van der Waals surface area contributed by atoms with Gasteiger partial charge in [0.15, 0.2) is 0 Å². The molecule has 2 amide bonds. The lowest BCUT2D eigenvalue weighted by atomic mass is 10.2. The first-order valence-corrected chi connectivity index (χ1v) is 8.45. The average Bonchev–Trinajstić information content (AvgIpc) is 2.36. The van der Waals surface area contributed by atoms with Gasteiger partial charge in [-0.3, -0.25) is 0 Å². The zero-order valence-electron chi connectivity index (χ0n) is 14.4. The van der Waals surface area contributed by atoms with E-state index in [2.05, 4.69) is 26.1 Å². The maximum Gasteiger partial charge on any atom is 0.322 e. The standard InChI is InChI=1S/C17H28N2O2S/c1-12(2)19(11-13(3)20)16(21)18-14-7-9-15(10-8-14)22-17(4,5)6/h7-10,12-13,20H,11H2,1-6H3,(H,18,21). The van der Waals surface area contributed by atoms with Crippen molar-refractivity contribution >= 4 is 23.5 Å². The van der Waals surface area contributed by atoms with Gasteiger partial charge in [-0.05, 0) is 45.0 Å². The van der Waals surface area contributed by atoms with Gasteiger partial charge in [0.2, 0.25) is 0 Å². The van der Waals surface area contributed by atoms with Gasteiger partial charge in [-0.25, -0.2) is 4.79 Å². The summed E-state index contributed by atoms with van der Waals surface area (Å²) in [4.78, 5) is 15.1. The zero-order valence-corrected chi connectivity index (χ0v) is 15.2. The van der Waals surface area contributed by atoms with Crippen molar-refractivity contribution in [2.75, 3.05) is 11.9 Å². The lowest BCUT2D eigenvalue weighted by Gasteiger charge is -2.28. The lowest BCUT2D eigenvalue weighted by Crippen LogP contribution is -2.43. The van der Waals surface area contributed by atoms with E-state index in [9.17, 15) is 9.90 Å². The van der Waals surface area contributed by atoms with E-state index in [4.69, 9.17) is 0 Å². The first-order valence-electron chi connectivity index (χ1n) is 7.63. The Kier molecular flexibility index (Phi) is 6.75. The van der Waals surface area contributed by atoms with E-state index in [0.717, 1.165) is 5.69 Å². The number of aliphatic hydroxyl groups excluding tert-OH is 1. The van der Waals surface area contributed by atoms with E-state index < -0.39 is 6.10 Å². The van der Waals surface area contributed by atoms with Crippen LogP contribution in [0, 0.1) is 0 Å². The van der Waals surface area contributed by atoms with Crippen LogP contribution in [-0.4, -0.2) is 39.5 Å². The number of carbonyl (C=O) groups is 1. The molecule has 0 saturated carbocycles. The van der Waals surface area contributed by atoms with Crippen LogP contribution in [-0.2, 0) is 0 Å². The molecule has 0 heterocycles. The SMILES string of the molecule is CC(O)CN(C(=O)Nc1ccc(SC(C)(C)C)cc1)C(C)C. The van der Waals surface area contributed by atoms with Gasteiger partial charge in [0, 0.05) is 27.9 Å². The summed E-state index contributed by atoms with van der Waals surface area (Å²) in [6, 6.07) is 7.69. The molecule has 2 N–H and O–H groups in total. The van der Waals surface area contributed by atoms with Gasteiger partial charge >= 0.3 is 6.03 Å². The minimum Gasteiger partial charge on any atom is -0.392 e. The Bertz CT molecular complexity index is 478. The molecule has 124 valence electrons. The molecule has 0 aliphatic heterocycles. The van der Waals surface area contributed by atoms with Crippen LogP contribution >= 0.6 is 11.8 Å². The van der Waals surface area contributed by atoms with Crippen LogP contribution in [0.5, 0.6) is 0 Å². The summed E-state index contributed by atoms with van der Waals surface area (Å²) in [6.45, 7) is 12.4. The van der Waals surface area contributed by atoms with Crippen LogP contribution in [0.3, 0.4) is 0 Å². The van der Waals surface area contributed by atoms with E-state index in [1.807, 2.05) is 38.1 Å². The second-order valence-electron chi connectivity index (χ2n) is 6.76. The number of carbonyl (C=O) groups excluding carboxylic acids is 1. The van der Waals surface area contributed by atoms with Gasteiger partial charge < -0.3 is 15.3 Å². The number of hydrogen-bond acceptors (Lipinski definition) is 3. The molecule has 1 atom stereocenters. The quantitative estimate of drug-likeness (QED) is 0.798. The molecule has 0 bridgehead atoms. The van der Waals surface area contributed by atoms with Crippen LogP contribution in [0.4, 0.5) is 10.5 Å². The second kappa shape index (κ2) is 7.88. The third-order valence-corrected chi connectivity index (χ3v) is 3.99. The van der Waals surface area contributed by atoms with E-state index >= 15 is 0 Å². The van der Waals surface area contributed by atoms with Crippen LogP contribution in [0.1, 0.15) is 41.5 Å². The Morgan fingerprint density at radius 1 is 1.23 bits per heavy atom. The molecule has 1 unspecified atom stereocenters. The molecule has 1 rings (SSSR count). The fourth-order valence-electron chi connectivity index (χ4n) is 1.97. The van der Waals surface area contributed by atoms with Gasteiger partial charge in [0.25, 0.3) is 0 Å². The summed E-state index contributed by atoms with van der Waals surface area (Å²) in [5, 5.41) is 12.4. The van der Waals surface area contributed by atoms with E-state index in [0.29, 0.717) is 6.54 Å². The van der Waals surface area contributed by atoms with Gasteiger partial charge in [0.1, 0.15) is 0 Å². The molecule has 0 saturated heterocycles. The monoisotopic (exact) mass is 324 g/mol. The summed E-state index contributed by atoms with van der Waals surface area (Å²) in [5.41, 5.74) is 0.763. The molecule has 4 nitrogen and oxygen atoms in total. The highest BCUT2D eigenvalue weighted by molar-refractivity contribution is 8.00. The molecular formula is C17H28N2O2S. The van der Waals surface area contributed by atoms with Crippen molar-refractivity contribution in [3.8, 4) is 0 Å². The average molecular weight is 324 g/mol. The number of anilines is 1. The largest absolute Gasteiger partial charge is 0.392 e. The van der Waals surface area contributed by atoms with Crippen LogP contribution in [0.2, 0.25) is 0 Å². The van der Waals surface area contributed by atoms with Gasteiger partial charge in [0.05, 0.1) is 6.10 Å². The first kappa shape index (κ1) is 18.8. The second-order valence-corrected chi connectivity index (χ2v) is 8.66. The summed E-state index contributed by atoms with van der Waals surface area (Å²) in [7, 11) is 0. The van der Waals surface area contributed by atoms with Crippen molar-refractivity contribution in [2.45, 2.75) is 63.3 Å². The first-order chi connectivity index (χ1) is 10.1. The van der Waals surface area contributed by atoms with Crippen LogP contribution in [0.15, 0.2) is 29.2 Å². The molecule has 0 spiro atoms. The molecule has 0 fully saturated rings. The van der Waals surface area contributed by atoms with Crippen molar-refractivity contribution in [2.24, 2.45) is 0 Å². The number of nitrogens with one attached hydrogen (secondary N) is 1. The van der Waals surface area contributed by atoms with Gasteiger partial charge in [-0.15, -0.1) is 11.8 Å². The molecule has 1 aromatic rings. The molecule has 22 heavy (non-hydrogen) atoms. The normalized spacial score (nSPS) is 13.1. The fraction of sp³-hybridized carbons (Fsp3) is 0.588. The summed E-state index contributed by atoms with van der Waals surface area (Å²) in [6.07, 6.45) is -0.543. The zero-order chi connectivity index (χ0) is 16.9. The highest BCUT2D eigenvalue weighted by Crippen LogP contribution is 2.32. The van der Waals surface area contributed by atoms with Crippen molar-refractivity contribution in [3.05, 3.63) is 24.3 Å². The summed E-state index contributed by atoms with van der Waals surface area (Å²) >= 11 is 1.79. The summed E-state index contributed by atoms with van der Waals surface area (Å²) < 4.78 is 0.163. The Hall–Kier alpha value is -1.20. The Morgan fingerprint density at radius 3 is 2.18 bits per heavy atom. The fourth-order valence-corrected chi connectivity index (χ4v) is 2.95. The molecule has 0 radical (unpaired) electrons. The Labute approximate surface area is 138 Å². The van der Waals surface area contributed by atoms with Crippen molar-refractivity contribution in [1.82, 2.24) is 4.90 Å². The maximum atomic E-state index is 12.3. The number of benzene rings is 1. The van der Waals surface area contributed by atoms with Crippen LogP contribution < -0.4 is 5.32 Å². The molecule has 0 aliphatic rings. The number of hydrogen-bond donors (Lipinski definition) is 2. The molecule has 1 aromatic carbocycles. The Balaban J connectivity index is 2.71. The molecule has 0 aromatic heterocycles. The summed E-state index contributed by atoms with van der Waals surface area (Å²) in [5.74, 6) is 0. The highest BCUT2D eigenvalue weighted by Gasteiger charge is 2.19. The maximum absolute atomic E-state index is 12.3. The van der Waals surface area contributed by atoms with Gasteiger partial charge in [-0.2, -0.15) is 0 Å². The number of nitrogens with zero attached hydrogens (tertiary/aromatic N) is 1. The number of thioether (sulfide) groups is 1. The number of rotatable bonds is 5. The Morgan fingerprint density at radius 2 is 1.77 bits per heavy atom. The highest BCUT2D eigenvalue weighted by atomic mass is 32.2. The minimum atomic E-state index is -0.543. The third-order valence-electron chi connectivity index (χ3n) is 2.87. The lowest BCUT2D eigenvalue weighted by molar-refractivity contribution is 0.125. The predicted molar refractivity (Wildman–Crippen MR) is 94.6 cm³/mol. The topological polar surface area (TPSA) is 52.6 Å². The van der Waals surface area contributed by atoms with Gasteiger partial charge in [-0.1, -0.05) is 20.8 Å². The molecule has 5 heteroatoms. The predicted octanol–water partition coefficient (Wildman–Crippen LogP) is 4.20. The number of urea groups is 1. The van der Waals surface area contributed by atoms with Crippen molar-refractivity contribution in [1.29, 1.82) is 0 Å². The van der Waals surface area contributed by atoms with Crippen molar-refractivity contribution < 1.29 is 9.90 Å². The molecule has 0 aliphatic carbocycles. The van der Waals surface area contributed by atoms with Crippen LogP contribution in [0.25, 0.3) is 0 Å². The van der Waals surface area contributed by atoms with E-state index in [1.165, 1.54) is 4.90 Å². The third kappa shape index (κ3) is 6.71. The molecular weight excluding hydrogens is 296 g/mol. The smallest absolute Gasteiger partial charge is 0.322 e. The minimum absolute atomic E-state index is 0.0327. The van der Waals surface area contributed by atoms with Crippen molar-refractivity contribution in [3.63, 3.8) is 0 Å².